The van der Waals surface area contributed by atoms with Crippen LogP contribution in [0.2, 0.25) is 0 Å². The maximum atomic E-state index is 13.6. The highest BCUT2D eigenvalue weighted by Gasteiger charge is 2.17. The van der Waals surface area contributed by atoms with Gasteiger partial charge in [0.05, 0.1) is 11.3 Å². The van der Waals surface area contributed by atoms with E-state index in [1.165, 1.54) is 6.07 Å². The zero-order valence-corrected chi connectivity index (χ0v) is 14.0. The standard InChI is InChI=1S/C19H16FN5O/c1-23-10-11-3-2-4-12(7-11)17-15(9-21)18(22)25-19(24-17)14-8-13(20)5-6-16(14)26/h2-8,23,26H,10H2,1H3,(H2,22,24,25). The third kappa shape index (κ3) is 3.31. The van der Waals surface area contributed by atoms with E-state index in [4.69, 9.17) is 5.73 Å². The number of anilines is 1. The van der Waals surface area contributed by atoms with Crippen molar-refractivity contribution in [2.24, 2.45) is 0 Å². The molecule has 0 amide bonds. The van der Waals surface area contributed by atoms with E-state index in [0.29, 0.717) is 17.8 Å². The van der Waals surface area contributed by atoms with Crippen LogP contribution in [0.4, 0.5) is 10.2 Å². The number of nitrogens with one attached hydrogen (secondary N) is 1. The van der Waals surface area contributed by atoms with Gasteiger partial charge in [0.2, 0.25) is 0 Å². The van der Waals surface area contributed by atoms with Gasteiger partial charge < -0.3 is 16.2 Å². The zero-order chi connectivity index (χ0) is 18.7. The van der Waals surface area contributed by atoms with Crippen molar-refractivity contribution in [3.8, 4) is 34.5 Å². The van der Waals surface area contributed by atoms with Gasteiger partial charge in [-0.1, -0.05) is 18.2 Å². The molecule has 3 aromatic rings. The van der Waals surface area contributed by atoms with Gasteiger partial charge in [-0.05, 0) is 36.9 Å². The number of phenolic OH excluding ortho intramolecular Hbond substituents is 1. The molecular formula is C19H16FN5O. The number of nitrogen functional groups attached to an aromatic ring is 1. The molecule has 1 aromatic heterocycles. The molecule has 4 N–H and O–H groups in total. The summed E-state index contributed by atoms with van der Waals surface area (Å²) in [5.74, 6) is -0.699. The van der Waals surface area contributed by atoms with E-state index in [1.54, 1.807) is 6.07 Å². The van der Waals surface area contributed by atoms with Gasteiger partial charge in [0.15, 0.2) is 5.82 Å². The number of nitrogens with two attached hydrogens (primary N) is 1. The number of benzene rings is 2. The second-order valence-electron chi connectivity index (χ2n) is 5.66. The van der Waals surface area contributed by atoms with Crippen molar-refractivity contribution in [2.45, 2.75) is 6.54 Å². The smallest absolute Gasteiger partial charge is 0.166 e. The van der Waals surface area contributed by atoms with Crippen LogP contribution in [0.3, 0.4) is 0 Å². The molecule has 130 valence electrons. The third-order valence-corrected chi connectivity index (χ3v) is 3.83. The molecule has 0 saturated heterocycles. The number of aromatic nitrogens is 2. The highest BCUT2D eigenvalue weighted by molar-refractivity contribution is 5.76. The normalized spacial score (nSPS) is 10.5. The van der Waals surface area contributed by atoms with Crippen molar-refractivity contribution in [1.29, 1.82) is 5.26 Å². The van der Waals surface area contributed by atoms with Gasteiger partial charge in [0.25, 0.3) is 0 Å². The first-order valence-corrected chi connectivity index (χ1v) is 7.84. The molecule has 0 atom stereocenters. The molecule has 0 fully saturated rings. The second-order valence-corrected chi connectivity index (χ2v) is 5.66. The maximum absolute atomic E-state index is 13.6. The van der Waals surface area contributed by atoms with E-state index in [0.717, 1.165) is 17.7 Å². The largest absolute Gasteiger partial charge is 0.507 e. The van der Waals surface area contributed by atoms with Gasteiger partial charge in [-0.25, -0.2) is 14.4 Å². The van der Waals surface area contributed by atoms with Crippen LogP contribution in [0.15, 0.2) is 42.5 Å². The summed E-state index contributed by atoms with van der Waals surface area (Å²) >= 11 is 0. The first kappa shape index (κ1) is 17.3. The topological polar surface area (TPSA) is 108 Å². The lowest BCUT2D eigenvalue weighted by Crippen LogP contribution is -2.06. The first-order valence-electron chi connectivity index (χ1n) is 7.84. The van der Waals surface area contributed by atoms with Gasteiger partial charge in [0, 0.05) is 12.1 Å². The Morgan fingerprint density at radius 1 is 1.23 bits per heavy atom. The van der Waals surface area contributed by atoms with Crippen LogP contribution in [-0.2, 0) is 6.54 Å². The summed E-state index contributed by atoms with van der Waals surface area (Å²) < 4.78 is 13.6. The lowest BCUT2D eigenvalue weighted by atomic mass is 10.0. The Kier molecular flexibility index (Phi) is 4.78. The molecule has 0 radical (unpaired) electrons. The Labute approximate surface area is 149 Å². The van der Waals surface area contributed by atoms with Crippen molar-refractivity contribution in [3.05, 3.63) is 59.4 Å². The number of halogens is 1. The Bertz CT molecular complexity index is 1010. The van der Waals surface area contributed by atoms with Crippen LogP contribution in [-0.4, -0.2) is 22.1 Å². The molecule has 6 nitrogen and oxygen atoms in total. The minimum Gasteiger partial charge on any atom is -0.507 e. The fourth-order valence-electron chi connectivity index (χ4n) is 2.64. The predicted molar refractivity (Wildman–Crippen MR) is 96.4 cm³/mol. The van der Waals surface area contributed by atoms with Gasteiger partial charge in [-0.3, -0.25) is 0 Å². The van der Waals surface area contributed by atoms with E-state index in [9.17, 15) is 14.8 Å². The number of phenols is 1. The second kappa shape index (κ2) is 7.17. The predicted octanol–water partition coefficient (Wildman–Crippen LogP) is 2.83. The highest BCUT2D eigenvalue weighted by atomic mass is 19.1. The Morgan fingerprint density at radius 3 is 2.77 bits per heavy atom. The summed E-state index contributed by atoms with van der Waals surface area (Å²) in [5, 5.41) is 22.5. The van der Waals surface area contributed by atoms with Crippen molar-refractivity contribution in [1.82, 2.24) is 15.3 Å². The minimum atomic E-state index is -0.540. The third-order valence-electron chi connectivity index (χ3n) is 3.83. The zero-order valence-electron chi connectivity index (χ0n) is 14.0. The molecule has 1 heterocycles. The van der Waals surface area contributed by atoms with E-state index < -0.39 is 5.82 Å². The van der Waals surface area contributed by atoms with Gasteiger partial charge >= 0.3 is 0 Å². The van der Waals surface area contributed by atoms with Crippen LogP contribution in [0.5, 0.6) is 5.75 Å². The molecule has 0 bridgehead atoms. The van der Waals surface area contributed by atoms with Crippen molar-refractivity contribution in [3.63, 3.8) is 0 Å². The number of hydrogen-bond acceptors (Lipinski definition) is 6. The molecule has 0 spiro atoms. The number of aromatic hydroxyl groups is 1. The van der Waals surface area contributed by atoms with E-state index in [-0.39, 0.29) is 28.5 Å². The summed E-state index contributed by atoms with van der Waals surface area (Å²) in [6.45, 7) is 0.647. The average molecular weight is 349 g/mol. The Balaban J connectivity index is 2.22. The van der Waals surface area contributed by atoms with Gasteiger partial charge in [-0.15, -0.1) is 0 Å². The summed E-state index contributed by atoms with van der Waals surface area (Å²) in [6.07, 6.45) is 0. The molecule has 0 aliphatic rings. The summed E-state index contributed by atoms with van der Waals surface area (Å²) in [5.41, 5.74) is 8.18. The molecule has 26 heavy (non-hydrogen) atoms. The van der Waals surface area contributed by atoms with E-state index >= 15 is 0 Å². The summed E-state index contributed by atoms with van der Waals surface area (Å²) in [4.78, 5) is 8.45. The lowest BCUT2D eigenvalue weighted by molar-refractivity contribution is 0.475. The van der Waals surface area contributed by atoms with Crippen LogP contribution in [0.25, 0.3) is 22.6 Å². The fourth-order valence-corrected chi connectivity index (χ4v) is 2.64. The molecule has 7 heteroatoms. The van der Waals surface area contributed by atoms with Gasteiger partial charge in [0.1, 0.15) is 29.0 Å². The summed E-state index contributed by atoms with van der Waals surface area (Å²) in [7, 11) is 1.83. The van der Waals surface area contributed by atoms with E-state index in [1.807, 2.05) is 31.3 Å². The number of rotatable bonds is 4. The molecule has 3 rings (SSSR count). The quantitative estimate of drug-likeness (QED) is 0.668. The number of hydrogen-bond donors (Lipinski definition) is 3. The fraction of sp³-hybridized carbons (Fsp3) is 0.105. The average Bonchev–Trinajstić information content (AvgIpc) is 2.63. The minimum absolute atomic E-state index is 0.0322. The number of nitrogens with zero attached hydrogens (tertiary/aromatic N) is 3. The van der Waals surface area contributed by atoms with Crippen molar-refractivity contribution >= 4 is 5.82 Å². The summed E-state index contributed by atoms with van der Waals surface area (Å²) in [6, 6.07) is 13.0. The monoisotopic (exact) mass is 349 g/mol. The molecular weight excluding hydrogens is 333 g/mol. The Hall–Kier alpha value is -3.50. The maximum Gasteiger partial charge on any atom is 0.166 e. The highest BCUT2D eigenvalue weighted by Crippen LogP contribution is 2.32. The van der Waals surface area contributed by atoms with Crippen LogP contribution < -0.4 is 11.1 Å². The number of nitriles is 1. The molecule has 0 aliphatic heterocycles. The van der Waals surface area contributed by atoms with E-state index in [2.05, 4.69) is 15.3 Å². The SMILES string of the molecule is CNCc1cccc(-c2nc(-c3cc(F)ccc3O)nc(N)c2C#N)c1. The molecule has 0 unspecified atom stereocenters. The first-order chi connectivity index (χ1) is 12.5. The van der Waals surface area contributed by atoms with Crippen LogP contribution >= 0.6 is 0 Å². The molecule has 0 aliphatic carbocycles. The van der Waals surface area contributed by atoms with Crippen LogP contribution in [0, 0.1) is 17.1 Å². The Morgan fingerprint density at radius 2 is 2.04 bits per heavy atom. The van der Waals surface area contributed by atoms with Crippen molar-refractivity contribution < 1.29 is 9.50 Å². The van der Waals surface area contributed by atoms with Crippen molar-refractivity contribution in [2.75, 3.05) is 12.8 Å². The van der Waals surface area contributed by atoms with Gasteiger partial charge in [-0.2, -0.15) is 5.26 Å². The molecule has 2 aromatic carbocycles. The molecule has 0 saturated carbocycles. The lowest BCUT2D eigenvalue weighted by Gasteiger charge is -2.11. The van der Waals surface area contributed by atoms with Crippen LogP contribution in [0.1, 0.15) is 11.1 Å².